The molecule has 136 valence electrons. The Morgan fingerprint density at radius 1 is 1.16 bits per heavy atom. The first kappa shape index (κ1) is 17.1. The molecule has 2 aliphatic rings. The molecular formula is C18H25ClN4O2. The van der Waals surface area contributed by atoms with E-state index in [1.165, 1.54) is 5.56 Å². The van der Waals surface area contributed by atoms with E-state index in [9.17, 15) is 0 Å². The molecule has 25 heavy (non-hydrogen) atoms. The molecule has 1 aromatic heterocycles. The van der Waals surface area contributed by atoms with Crippen molar-refractivity contribution in [3.8, 4) is 0 Å². The van der Waals surface area contributed by atoms with Gasteiger partial charge < -0.3 is 19.4 Å². The molecule has 1 aromatic carbocycles. The number of fused-ring (bicyclic) bond motifs is 1. The third-order valence-corrected chi connectivity index (χ3v) is 5.50. The van der Waals surface area contributed by atoms with E-state index in [-0.39, 0.29) is 6.04 Å². The largest absolute Gasteiger partial charge is 0.379 e. The fourth-order valence-corrected chi connectivity index (χ4v) is 4.35. The highest BCUT2D eigenvalue weighted by atomic mass is 35.5. The molecular weight excluding hydrogens is 340 g/mol. The number of hydrogen-bond acceptors (Lipinski definition) is 5. The summed E-state index contributed by atoms with van der Waals surface area (Å²) in [5, 5.41) is 0.792. The normalized spacial score (nSPS) is 21.0. The lowest BCUT2D eigenvalue weighted by Crippen LogP contribution is -2.41. The standard InChI is InChI=1S/C18H25ClN4O2/c1-2-15(22-3-7-24-8-4-22)16-17-14(20-12-21-17)11-13(19)18(16)23-5-9-25-10-6-23/h11-12,15H,2-10H2,1H3,(H,20,21). The Labute approximate surface area is 153 Å². The lowest BCUT2D eigenvalue weighted by atomic mass is 9.97. The van der Waals surface area contributed by atoms with Crippen LogP contribution < -0.4 is 4.90 Å². The predicted octanol–water partition coefficient (Wildman–Crippen LogP) is 2.84. The van der Waals surface area contributed by atoms with Crippen LogP contribution in [0.2, 0.25) is 5.02 Å². The Morgan fingerprint density at radius 3 is 2.52 bits per heavy atom. The number of nitrogens with zero attached hydrogens (tertiary/aromatic N) is 3. The average Bonchev–Trinajstić information content (AvgIpc) is 3.12. The molecule has 2 aliphatic heterocycles. The van der Waals surface area contributed by atoms with Crippen LogP contribution in [-0.2, 0) is 9.47 Å². The molecule has 0 bridgehead atoms. The molecule has 2 aromatic rings. The zero-order valence-electron chi connectivity index (χ0n) is 14.6. The van der Waals surface area contributed by atoms with Gasteiger partial charge in [0, 0.05) is 37.8 Å². The molecule has 0 aliphatic carbocycles. The summed E-state index contributed by atoms with van der Waals surface area (Å²) < 4.78 is 11.1. The van der Waals surface area contributed by atoms with Gasteiger partial charge >= 0.3 is 0 Å². The minimum Gasteiger partial charge on any atom is -0.379 e. The van der Waals surface area contributed by atoms with E-state index in [0.29, 0.717) is 0 Å². The van der Waals surface area contributed by atoms with Gasteiger partial charge in [-0.15, -0.1) is 0 Å². The van der Waals surface area contributed by atoms with Gasteiger partial charge in [0.2, 0.25) is 0 Å². The van der Waals surface area contributed by atoms with Crippen molar-refractivity contribution in [3.63, 3.8) is 0 Å². The Kier molecular flexibility index (Phi) is 5.12. The molecule has 2 saturated heterocycles. The quantitative estimate of drug-likeness (QED) is 0.904. The molecule has 0 amide bonds. The number of halogens is 1. The van der Waals surface area contributed by atoms with Gasteiger partial charge in [-0.3, -0.25) is 4.90 Å². The van der Waals surface area contributed by atoms with Crippen LogP contribution in [0.5, 0.6) is 0 Å². The van der Waals surface area contributed by atoms with Crippen LogP contribution in [0.25, 0.3) is 11.0 Å². The van der Waals surface area contributed by atoms with Crippen molar-refractivity contribution in [1.82, 2.24) is 14.9 Å². The first-order valence-corrected chi connectivity index (χ1v) is 9.47. The zero-order chi connectivity index (χ0) is 17.2. The minimum absolute atomic E-state index is 0.284. The first-order valence-electron chi connectivity index (χ1n) is 9.09. The number of morpholine rings is 2. The number of rotatable bonds is 4. The van der Waals surface area contributed by atoms with Gasteiger partial charge in [0.05, 0.1) is 54.5 Å². The molecule has 6 nitrogen and oxygen atoms in total. The van der Waals surface area contributed by atoms with Crippen LogP contribution in [0.4, 0.5) is 5.69 Å². The highest BCUT2D eigenvalue weighted by Gasteiger charge is 2.30. The van der Waals surface area contributed by atoms with Crippen LogP contribution in [0.3, 0.4) is 0 Å². The number of H-pyrrole nitrogens is 1. The highest BCUT2D eigenvalue weighted by Crippen LogP contribution is 2.42. The lowest BCUT2D eigenvalue weighted by molar-refractivity contribution is 0.0155. The third-order valence-electron chi connectivity index (χ3n) is 5.21. The maximum absolute atomic E-state index is 6.77. The Bertz CT molecular complexity index is 723. The number of anilines is 1. The number of aromatic nitrogens is 2. The maximum Gasteiger partial charge on any atom is 0.0952 e. The van der Waals surface area contributed by atoms with Gasteiger partial charge in [0.1, 0.15) is 0 Å². The highest BCUT2D eigenvalue weighted by molar-refractivity contribution is 6.34. The smallest absolute Gasteiger partial charge is 0.0952 e. The van der Waals surface area contributed by atoms with Crippen LogP contribution in [-0.4, -0.2) is 67.5 Å². The summed E-state index contributed by atoms with van der Waals surface area (Å²) >= 11 is 6.77. The van der Waals surface area contributed by atoms with Gasteiger partial charge in [-0.1, -0.05) is 18.5 Å². The van der Waals surface area contributed by atoms with Crippen molar-refractivity contribution in [1.29, 1.82) is 0 Å². The number of hydrogen-bond donors (Lipinski definition) is 1. The van der Waals surface area contributed by atoms with E-state index in [2.05, 4.69) is 26.7 Å². The molecule has 7 heteroatoms. The average molecular weight is 365 g/mol. The summed E-state index contributed by atoms with van der Waals surface area (Å²) in [6.45, 7) is 8.90. The molecule has 0 spiro atoms. The van der Waals surface area contributed by atoms with E-state index in [4.69, 9.17) is 21.1 Å². The second-order valence-corrected chi connectivity index (χ2v) is 7.00. The molecule has 1 unspecified atom stereocenters. The molecule has 3 heterocycles. The summed E-state index contributed by atoms with van der Waals surface area (Å²) in [5.41, 5.74) is 4.41. The maximum atomic E-state index is 6.77. The Hall–Kier alpha value is -1.34. The summed E-state index contributed by atoms with van der Waals surface area (Å²) in [5.74, 6) is 0. The van der Waals surface area contributed by atoms with Crippen molar-refractivity contribution in [3.05, 3.63) is 23.0 Å². The minimum atomic E-state index is 0.284. The van der Waals surface area contributed by atoms with Gasteiger partial charge in [0.15, 0.2) is 0 Å². The molecule has 4 rings (SSSR count). The number of imidazole rings is 1. The Balaban J connectivity index is 1.84. The van der Waals surface area contributed by atoms with E-state index in [1.54, 1.807) is 6.33 Å². The fraction of sp³-hybridized carbons (Fsp3) is 0.611. The monoisotopic (exact) mass is 364 g/mol. The fourth-order valence-electron chi connectivity index (χ4n) is 4.02. The van der Waals surface area contributed by atoms with Crippen LogP contribution >= 0.6 is 11.6 Å². The molecule has 0 saturated carbocycles. The van der Waals surface area contributed by atoms with E-state index in [0.717, 1.165) is 80.8 Å². The summed E-state index contributed by atoms with van der Waals surface area (Å²) in [6.07, 6.45) is 2.78. The number of aromatic amines is 1. The van der Waals surface area contributed by atoms with E-state index in [1.807, 2.05) is 6.07 Å². The van der Waals surface area contributed by atoms with Crippen molar-refractivity contribution >= 4 is 28.3 Å². The van der Waals surface area contributed by atoms with Crippen molar-refractivity contribution in [2.24, 2.45) is 0 Å². The second kappa shape index (κ2) is 7.50. The molecule has 0 radical (unpaired) electrons. The lowest BCUT2D eigenvalue weighted by Gasteiger charge is -2.38. The van der Waals surface area contributed by atoms with Crippen molar-refractivity contribution in [2.75, 3.05) is 57.5 Å². The molecule has 1 N–H and O–H groups in total. The topological polar surface area (TPSA) is 53.6 Å². The molecule has 2 fully saturated rings. The van der Waals surface area contributed by atoms with Gasteiger partial charge in [0.25, 0.3) is 0 Å². The SMILES string of the molecule is CCC(c1c(N2CCOCC2)c(Cl)cc2[nH]cnc12)N1CCOCC1. The predicted molar refractivity (Wildman–Crippen MR) is 99.6 cm³/mol. The van der Waals surface area contributed by atoms with Gasteiger partial charge in [-0.2, -0.15) is 0 Å². The zero-order valence-corrected chi connectivity index (χ0v) is 15.4. The number of ether oxygens (including phenoxy) is 2. The van der Waals surface area contributed by atoms with E-state index < -0.39 is 0 Å². The summed E-state index contributed by atoms with van der Waals surface area (Å²) in [6, 6.07) is 2.29. The van der Waals surface area contributed by atoms with Gasteiger partial charge in [-0.05, 0) is 12.5 Å². The molecule has 1 atom stereocenters. The van der Waals surface area contributed by atoms with Gasteiger partial charge in [-0.25, -0.2) is 4.98 Å². The third kappa shape index (κ3) is 3.24. The van der Waals surface area contributed by atoms with Crippen LogP contribution in [0.1, 0.15) is 24.9 Å². The van der Waals surface area contributed by atoms with Crippen LogP contribution in [0.15, 0.2) is 12.4 Å². The second-order valence-electron chi connectivity index (χ2n) is 6.59. The van der Waals surface area contributed by atoms with Crippen molar-refractivity contribution < 1.29 is 9.47 Å². The Morgan fingerprint density at radius 2 is 1.84 bits per heavy atom. The first-order chi connectivity index (χ1) is 12.3. The van der Waals surface area contributed by atoms with Crippen molar-refractivity contribution in [2.45, 2.75) is 19.4 Å². The number of nitrogens with one attached hydrogen (secondary N) is 1. The number of benzene rings is 1. The summed E-state index contributed by atoms with van der Waals surface area (Å²) in [4.78, 5) is 12.7. The summed E-state index contributed by atoms with van der Waals surface area (Å²) in [7, 11) is 0. The van der Waals surface area contributed by atoms with Crippen LogP contribution in [0, 0.1) is 0 Å². The van der Waals surface area contributed by atoms with E-state index >= 15 is 0 Å².